The molecule has 94 valence electrons. The lowest BCUT2D eigenvalue weighted by molar-refractivity contribution is -0.120. The molecule has 0 radical (unpaired) electrons. The van der Waals surface area contributed by atoms with E-state index in [9.17, 15) is 9.59 Å². The lowest BCUT2D eigenvalue weighted by Gasteiger charge is -2.06. The second-order valence-corrected chi connectivity index (χ2v) is 5.06. The highest BCUT2D eigenvalue weighted by Crippen LogP contribution is 2.15. The molecule has 1 rings (SSSR count). The van der Waals surface area contributed by atoms with Crippen LogP contribution in [0.3, 0.4) is 0 Å². The summed E-state index contributed by atoms with van der Waals surface area (Å²) in [5.74, 6) is 0.234. The second-order valence-electron chi connectivity index (χ2n) is 4.20. The maximum Gasteiger partial charge on any atom is 0.226 e. The Bertz CT molecular complexity index is 401. The number of anilines is 1. The highest BCUT2D eigenvalue weighted by Gasteiger charge is 2.08. The summed E-state index contributed by atoms with van der Waals surface area (Å²) in [6, 6.07) is 0. The normalized spacial score (nSPS) is 10.4. The van der Waals surface area contributed by atoms with E-state index in [1.807, 2.05) is 13.8 Å². The minimum atomic E-state index is -0.157. The zero-order chi connectivity index (χ0) is 12.8. The molecule has 0 fully saturated rings. The van der Waals surface area contributed by atoms with Gasteiger partial charge in [-0.1, -0.05) is 13.8 Å². The first-order chi connectivity index (χ1) is 7.97. The van der Waals surface area contributed by atoms with Gasteiger partial charge in [-0.2, -0.15) is 0 Å². The predicted octanol–water partition coefficient (Wildman–Crippen LogP) is 1.42. The number of hydrogen-bond acceptors (Lipinski definition) is 4. The van der Waals surface area contributed by atoms with Crippen molar-refractivity contribution in [1.29, 1.82) is 0 Å². The molecule has 2 amide bonds. The molecular weight excluding hydrogens is 238 g/mol. The van der Waals surface area contributed by atoms with Crippen LogP contribution in [-0.2, 0) is 16.0 Å². The van der Waals surface area contributed by atoms with Crippen molar-refractivity contribution in [3.8, 4) is 0 Å². The number of nitrogens with one attached hydrogen (secondary N) is 2. The molecule has 2 N–H and O–H groups in total. The van der Waals surface area contributed by atoms with Crippen molar-refractivity contribution in [1.82, 2.24) is 10.3 Å². The number of thiazole rings is 1. The molecule has 6 heteroatoms. The van der Waals surface area contributed by atoms with Crippen molar-refractivity contribution in [2.75, 3.05) is 11.9 Å². The van der Waals surface area contributed by atoms with Crippen LogP contribution >= 0.6 is 11.3 Å². The van der Waals surface area contributed by atoms with Crippen LogP contribution in [-0.4, -0.2) is 23.3 Å². The quantitative estimate of drug-likeness (QED) is 0.835. The first kappa shape index (κ1) is 13.6. The fraction of sp³-hybridized carbons (Fsp3) is 0.545. The largest absolute Gasteiger partial charge is 0.356 e. The molecule has 5 nitrogen and oxygen atoms in total. The van der Waals surface area contributed by atoms with E-state index in [4.69, 9.17) is 0 Å². The van der Waals surface area contributed by atoms with Crippen LogP contribution in [0.15, 0.2) is 5.38 Å². The van der Waals surface area contributed by atoms with E-state index in [0.717, 1.165) is 0 Å². The van der Waals surface area contributed by atoms with Crippen LogP contribution in [0.5, 0.6) is 0 Å². The molecule has 0 aliphatic rings. The van der Waals surface area contributed by atoms with Gasteiger partial charge in [0.15, 0.2) is 5.13 Å². The molecule has 0 saturated heterocycles. The third kappa shape index (κ3) is 5.44. The Morgan fingerprint density at radius 2 is 2.18 bits per heavy atom. The van der Waals surface area contributed by atoms with Crippen LogP contribution in [0.2, 0.25) is 0 Å². The van der Waals surface area contributed by atoms with Crippen molar-refractivity contribution in [2.45, 2.75) is 27.2 Å². The van der Waals surface area contributed by atoms with Crippen LogP contribution < -0.4 is 10.6 Å². The van der Waals surface area contributed by atoms with Gasteiger partial charge in [0.25, 0.3) is 0 Å². The minimum absolute atomic E-state index is 0.0432. The molecular formula is C11H17N3O2S. The van der Waals surface area contributed by atoms with E-state index in [1.54, 1.807) is 5.38 Å². The first-order valence-electron chi connectivity index (χ1n) is 5.46. The lowest BCUT2D eigenvalue weighted by atomic mass is 10.2. The van der Waals surface area contributed by atoms with Gasteiger partial charge in [-0.15, -0.1) is 11.3 Å². The molecule has 0 saturated carbocycles. The van der Waals surface area contributed by atoms with E-state index in [2.05, 4.69) is 15.6 Å². The van der Waals surface area contributed by atoms with E-state index in [0.29, 0.717) is 23.3 Å². The third-order valence-corrected chi connectivity index (χ3v) is 2.69. The molecule has 17 heavy (non-hydrogen) atoms. The maximum atomic E-state index is 11.5. The number of aromatic nitrogens is 1. The fourth-order valence-corrected chi connectivity index (χ4v) is 1.90. The number of hydrogen-bond donors (Lipinski definition) is 2. The van der Waals surface area contributed by atoms with Gasteiger partial charge in [0.1, 0.15) is 0 Å². The average Bonchev–Trinajstić information content (AvgIpc) is 2.61. The van der Waals surface area contributed by atoms with Gasteiger partial charge in [0.05, 0.1) is 12.1 Å². The van der Waals surface area contributed by atoms with E-state index >= 15 is 0 Å². The topological polar surface area (TPSA) is 71.1 Å². The number of amides is 2. The number of nitrogens with zero attached hydrogens (tertiary/aromatic N) is 1. The summed E-state index contributed by atoms with van der Waals surface area (Å²) >= 11 is 1.32. The zero-order valence-electron chi connectivity index (χ0n) is 10.2. The molecule has 0 aliphatic heterocycles. The van der Waals surface area contributed by atoms with Gasteiger partial charge in [-0.05, 0) is 5.92 Å². The minimum Gasteiger partial charge on any atom is -0.356 e. The van der Waals surface area contributed by atoms with Gasteiger partial charge in [0.2, 0.25) is 11.8 Å². The molecule has 1 aromatic heterocycles. The summed E-state index contributed by atoms with van der Waals surface area (Å²) in [7, 11) is 0. The summed E-state index contributed by atoms with van der Waals surface area (Å²) in [6.45, 7) is 6.17. The van der Waals surface area contributed by atoms with Gasteiger partial charge >= 0.3 is 0 Å². The van der Waals surface area contributed by atoms with Crippen molar-refractivity contribution in [2.24, 2.45) is 5.92 Å². The van der Waals surface area contributed by atoms with Crippen molar-refractivity contribution < 1.29 is 9.59 Å². The zero-order valence-corrected chi connectivity index (χ0v) is 11.1. The van der Waals surface area contributed by atoms with Crippen molar-refractivity contribution in [3.05, 3.63) is 11.1 Å². The maximum absolute atomic E-state index is 11.5. The Kier molecular flexibility index (Phi) is 5.09. The van der Waals surface area contributed by atoms with Crippen LogP contribution in [0, 0.1) is 5.92 Å². The summed E-state index contributed by atoms with van der Waals surface area (Å²) in [6.07, 6.45) is 0.253. The Labute approximate surface area is 105 Å². The summed E-state index contributed by atoms with van der Waals surface area (Å²) < 4.78 is 0. The Hall–Kier alpha value is -1.43. The molecule has 0 aromatic carbocycles. The van der Waals surface area contributed by atoms with E-state index in [1.165, 1.54) is 18.3 Å². The molecule has 0 bridgehead atoms. The SMILES string of the molecule is CC(=O)Nc1nc(CC(=O)NCC(C)C)cs1. The summed E-state index contributed by atoms with van der Waals surface area (Å²) in [5.41, 5.74) is 0.681. The highest BCUT2D eigenvalue weighted by atomic mass is 32.1. The van der Waals surface area contributed by atoms with E-state index in [-0.39, 0.29) is 18.2 Å². The molecule has 0 atom stereocenters. The predicted molar refractivity (Wildman–Crippen MR) is 68.0 cm³/mol. The Morgan fingerprint density at radius 3 is 2.76 bits per heavy atom. The second kappa shape index (κ2) is 6.34. The van der Waals surface area contributed by atoms with Crippen LogP contribution in [0.1, 0.15) is 26.5 Å². The Morgan fingerprint density at radius 1 is 1.47 bits per heavy atom. The van der Waals surface area contributed by atoms with Gasteiger partial charge in [-0.3, -0.25) is 9.59 Å². The molecule has 0 unspecified atom stereocenters. The van der Waals surface area contributed by atoms with Crippen molar-refractivity contribution >= 4 is 28.3 Å². The number of carbonyl (C=O) groups is 2. The summed E-state index contributed by atoms with van der Waals surface area (Å²) in [5, 5.41) is 7.71. The van der Waals surface area contributed by atoms with E-state index < -0.39 is 0 Å². The van der Waals surface area contributed by atoms with Crippen LogP contribution in [0.4, 0.5) is 5.13 Å². The third-order valence-electron chi connectivity index (χ3n) is 1.88. The van der Waals surface area contributed by atoms with Gasteiger partial charge in [-0.25, -0.2) is 4.98 Å². The highest BCUT2D eigenvalue weighted by molar-refractivity contribution is 7.13. The standard InChI is InChI=1S/C11H17N3O2S/c1-7(2)5-12-10(16)4-9-6-17-11(14-9)13-8(3)15/h6-7H,4-5H2,1-3H3,(H,12,16)(H,13,14,15). The molecule has 0 spiro atoms. The monoisotopic (exact) mass is 255 g/mol. The number of rotatable bonds is 5. The fourth-order valence-electron chi connectivity index (χ4n) is 1.14. The van der Waals surface area contributed by atoms with Crippen molar-refractivity contribution in [3.63, 3.8) is 0 Å². The lowest BCUT2D eigenvalue weighted by Crippen LogP contribution is -2.28. The smallest absolute Gasteiger partial charge is 0.226 e. The van der Waals surface area contributed by atoms with Gasteiger partial charge < -0.3 is 10.6 Å². The van der Waals surface area contributed by atoms with Gasteiger partial charge in [0, 0.05) is 18.8 Å². The Balaban J connectivity index is 2.43. The average molecular weight is 255 g/mol. The molecule has 1 heterocycles. The summed E-state index contributed by atoms with van der Waals surface area (Å²) in [4.78, 5) is 26.5. The first-order valence-corrected chi connectivity index (χ1v) is 6.34. The molecule has 0 aliphatic carbocycles. The van der Waals surface area contributed by atoms with Crippen LogP contribution in [0.25, 0.3) is 0 Å². The molecule has 1 aromatic rings. The number of carbonyl (C=O) groups excluding carboxylic acids is 2.